The summed E-state index contributed by atoms with van der Waals surface area (Å²) < 4.78 is 10.6. The Hall–Kier alpha value is -1.70. The van der Waals surface area contributed by atoms with Crippen LogP contribution in [0, 0.1) is 20.8 Å². The molecule has 2 nitrogen and oxygen atoms in total. The number of hydrogen-bond donors (Lipinski definition) is 0. The van der Waals surface area contributed by atoms with Gasteiger partial charge in [0, 0.05) is 10.8 Å². The fraction of sp³-hybridized carbons (Fsp3) is 0.231. The summed E-state index contributed by atoms with van der Waals surface area (Å²) >= 11 is 0. The zero-order valence-electron chi connectivity index (χ0n) is 9.26. The zero-order chi connectivity index (χ0) is 11.0. The monoisotopic (exact) mass is 202 g/mol. The summed E-state index contributed by atoms with van der Waals surface area (Å²) in [6, 6.07) is 0. The number of hydrogen-bond acceptors (Lipinski definition) is 2. The van der Waals surface area contributed by atoms with Gasteiger partial charge in [-0.05, 0) is 38.0 Å². The van der Waals surface area contributed by atoms with Crippen molar-refractivity contribution in [3.05, 3.63) is 45.6 Å². The van der Waals surface area contributed by atoms with Gasteiger partial charge in [0.05, 0.1) is 12.5 Å². The van der Waals surface area contributed by atoms with Gasteiger partial charge in [-0.15, -0.1) is 0 Å². The minimum absolute atomic E-state index is 0.701. The molecule has 0 N–H and O–H groups in total. The highest BCUT2D eigenvalue weighted by atomic mass is 16.3. The molecule has 15 heavy (non-hydrogen) atoms. The molecular formula is C13H14O2. The van der Waals surface area contributed by atoms with E-state index in [1.165, 1.54) is 0 Å². The maximum Gasteiger partial charge on any atom is 0.126 e. The van der Waals surface area contributed by atoms with Crippen molar-refractivity contribution in [1.82, 2.24) is 0 Å². The Morgan fingerprint density at radius 2 is 1.73 bits per heavy atom. The van der Waals surface area contributed by atoms with Crippen LogP contribution in [0.2, 0.25) is 0 Å². The Morgan fingerprint density at radius 1 is 1.07 bits per heavy atom. The Morgan fingerprint density at radius 3 is 2.20 bits per heavy atom. The molecular weight excluding hydrogens is 188 g/mol. The predicted octanol–water partition coefficient (Wildman–Crippen LogP) is 2.04. The van der Waals surface area contributed by atoms with E-state index in [2.05, 4.69) is 12.7 Å². The van der Waals surface area contributed by atoms with Gasteiger partial charge < -0.3 is 8.83 Å². The van der Waals surface area contributed by atoms with Crippen molar-refractivity contribution in [3.63, 3.8) is 0 Å². The Labute approximate surface area is 88.5 Å². The van der Waals surface area contributed by atoms with E-state index >= 15 is 0 Å². The Bertz CT molecular complexity index is 565. The van der Waals surface area contributed by atoms with Crippen LogP contribution in [-0.4, -0.2) is 0 Å². The van der Waals surface area contributed by atoms with E-state index in [1.54, 1.807) is 12.5 Å². The van der Waals surface area contributed by atoms with Crippen molar-refractivity contribution in [2.75, 3.05) is 0 Å². The van der Waals surface area contributed by atoms with E-state index in [1.807, 2.05) is 20.8 Å². The molecule has 0 amide bonds. The van der Waals surface area contributed by atoms with Crippen LogP contribution >= 0.6 is 0 Å². The van der Waals surface area contributed by atoms with Gasteiger partial charge >= 0.3 is 0 Å². The van der Waals surface area contributed by atoms with Gasteiger partial charge in [0.25, 0.3) is 0 Å². The summed E-state index contributed by atoms with van der Waals surface area (Å²) in [6.07, 6.45) is 5.55. The van der Waals surface area contributed by atoms with Gasteiger partial charge in [0.1, 0.15) is 11.2 Å². The van der Waals surface area contributed by atoms with E-state index in [4.69, 9.17) is 8.83 Å². The molecule has 0 fully saturated rings. The third-order valence-corrected chi connectivity index (χ3v) is 2.61. The molecule has 0 spiro atoms. The summed E-state index contributed by atoms with van der Waals surface area (Å²) in [4.78, 5) is 0. The molecule has 0 saturated carbocycles. The lowest BCUT2D eigenvalue weighted by Crippen LogP contribution is -2.20. The fourth-order valence-corrected chi connectivity index (χ4v) is 1.64. The highest BCUT2D eigenvalue weighted by Gasteiger charge is 2.04. The largest absolute Gasteiger partial charge is 0.469 e. The molecule has 2 heteroatoms. The first kappa shape index (κ1) is 9.84. The second-order valence-corrected chi connectivity index (χ2v) is 3.79. The van der Waals surface area contributed by atoms with E-state index in [9.17, 15) is 0 Å². The highest BCUT2D eigenvalue weighted by molar-refractivity contribution is 5.55. The van der Waals surface area contributed by atoms with Crippen LogP contribution in [0.25, 0.3) is 12.7 Å². The summed E-state index contributed by atoms with van der Waals surface area (Å²) in [5, 5.41) is 1.04. The summed E-state index contributed by atoms with van der Waals surface area (Å²) in [7, 11) is 0. The van der Waals surface area contributed by atoms with Gasteiger partial charge in [-0.25, -0.2) is 0 Å². The average molecular weight is 202 g/mol. The first-order valence-electron chi connectivity index (χ1n) is 4.89. The second kappa shape index (κ2) is 3.46. The van der Waals surface area contributed by atoms with Crippen molar-refractivity contribution >= 4 is 12.7 Å². The van der Waals surface area contributed by atoms with Crippen LogP contribution in [0.4, 0.5) is 0 Å². The lowest BCUT2D eigenvalue weighted by molar-refractivity contribution is 0.531. The van der Waals surface area contributed by atoms with Crippen LogP contribution in [0.1, 0.15) is 22.5 Å². The van der Waals surface area contributed by atoms with E-state index in [0.29, 0.717) is 5.42 Å². The average Bonchev–Trinajstić information content (AvgIpc) is 2.67. The maximum atomic E-state index is 5.34. The van der Waals surface area contributed by atoms with Crippen molar-refractivity contribution in [1.29, 1.82) is 0 Å². The van der Waals surface area contributed by atoms with Crippen LogP contribution in [0.15, 0.2) is 21.4 Å². The predicted molar refractivity (Wildman–Crippen MR) is 60.0 cm³/mol. The van der Waals surface area contributed by atoms with Crippen LogP contribution < -0.4 is 10.6 Å². The number of furan rings is 2. The first-order valence-corrected chi connectivity index (χ1v) is 4.89. The molecule has 2 aromatic rings. The molecule has 0 radical (unpaired) electrons. The fourth-order valence-electron chi connectivity index (χ4n) is 1.64. The molecule has 2 rings (SSSR count). The van der Waals surface area contributed by atoms with Crippen molar-refractivity contribution in [2.24, 2.45) is 0 Å². The third kappa shape index (κ3) is 1.63. The quantitative estimate of drug-likeness (QED) is 0.707. The third-order valence-electron chi connectivity index (χ3n) is 2.61. The molecule has 0 aliphatic rings. The van der Waals surface area contributed by atoms with Crippen molar-refractivity contribution in [2.45, 2.75) is 20.8 Å². The summed E-state index contributed by atoms with van der Waals surface area (Å²) in [5.41, 5.74) is 4.05. The second-order valence-electron chi connectivity index (χ2n) is 3.79. The van der Waals surface area contributed by atoms with E-state index in [0.717, 1.165) is 27.7 Å². The molecule has 0 aliphatic carbocycles. The number of aryl methyl sites for hydroxylation is 3. The van der Waals surface area contributed by atoms with Crippen LogP contribution in [0.3, 0.4) is 0 Å². The molecule has 0 aromatic carbocycles. The van der Waals surface area contributed by atoms with E-state index in [-0.39, 0.29) is 0 Å². The van der Waals surface area contributed by atoms with Gasteiger partial charge in [0.2, 0.25) is 0 Å². The van der Waals surface area contributed by atoms with Crippen molar-refractivity contribution in [3.8, 4) is 0 Å². The normalized spacial score (nSPS) is 12.3. The minimum atomic E-state index is 0.701. The molecule has 0 saturated heterocycles. The molecule has 0 aliphatic heterocycles. The molecule has 0 unspecified atom stereocenters. The number of rotatable bonds is 1. The minimum Gasteiger partial charge on any atom is -0.469 e. The van der Waals surface area contributed by atoms with Crippen LogP contribution in [-0.2, 0) is 0 Å². The Balaban J connectivity index is 2.71. The standard InChI is InChI=1S/C13H14O2/c1-8-6-14-10(3)12(8)5-13-9(2)7-15-11(13)4/h5-7H,3H2,1-2,4H3/b12-5-. The van der Waals surface area contributed by atoms with Crippen LogP contribution in [0.5, 0.6) is 0 Å². The van der Waals surface area contributed by atoms with Gasteiger partial charge in [-0.3, -0.25) is 0 Å². The molecule has 2 aromatic heterocycles. The topological polar surface area (TPSA) is 26.3 Å². The maximum absolute atomic E-state index is 5.34. The molecule has 78 valence electrons. The van der Waals surface area contributed by atoms with E-state index < -0.39 is 0 Å². The van der Waals surface area contributed by atoms with Crippen molar-refractivity contribution < 1.29 is 8.83 Å². The zero-order valence-corrected chi connectivity index (χ0v) is 9.26. The molecule has 0 bridgehead atoms. The smallest absolute Gasteiger partial charge is 0.126 e. The summed E-state index contributed by atoms with van der Waals surface area (Å²) in [6.45, 7) is 9.85. The highest BCUT2D eigenvalue weighted by Crippen LogP contribution is 2.15. The first-order chi connectivity index (χ1) is 7.09. The molecule has 2 heterocycles. The summed E-state index contributed by atoms with van der Waals surface area (Å²) in [5.74, 6) is 0.924. The Kier molecular flexibility index (Phi) is 2.27. The van der Waals surface area contributed by atoms with Gasteiger partial charge in [0.15, 0.2) is 0 Å². The lowest BCUT2D eigenvalue weighted by atomic mass is 10.1. The SMILES string of the molecule is C=c1occ(C)/c1=C/c1c(C)coc1C. The van der Waals surface area contributed by atoms with Gasteiger partial charge in [-0.2, -0.15) is 0 Å². The van der Waals surface area contributed by atoms with Gasteiger partial charge in [-0.1, -0.05) is 6.58 Å². The lowest BCUT2D eigenvalue weighted by Gasteiger charge is -1.90. The molecule has 0 atom stereocenters.